The van der Waals surface area contributed by atoms with Gasteiger partial charge in [0.05, 0.1) is 7.11 Å². The third kappa shape index (κ3) is 6.14. The minimum absolute atomic E-state index is 0.240. The van der Waals surface area contributed by atoms with Gasteiger partial charge in [-0.05, 0) is 48.5 Å². The van der Waals surface area contributed by atoms with E-state index in [0.717, 1.165) is 5.56 Å². The smallest absolute Gasteiger partial charge is 0.331 e. The van der Waals surface area contributed by atoms with Gasteiger partial charge in [-0.25, -0.2) is 4.79 Å². The number of anilines is 1. The summed E-state index contributed by atoms with van der Waals surface area (Å²) in [6.45, 7) is -0.384. The van der Waals surface area contributed by atoms with Crippen LogP contribution in [0.5, 0.6) is 5.75 Å². The Labute approximate surface area is 180 Å². The molecule has 0 aliphatic carbocycles. The first-order valence-corrected chi connectivity index (χ1v) is 9.54. The molecule has 31 heavy (non-hydrogen) atoms. The summed E-state index contributed by atoms with van der Waals surface area (Å²) in [5.74, 6) is -0.594. The number of carbonyl (C=O) groups excluding carboxylic acids is 3. The van der Waals surface area contributed by atoms with Crippen LogP contribution in [-0.2, 0) is 9.53 Å². The fourth-order valence-electron chi connectivity index (χ4n) is 2.76. The van der Waals surface area contributed by atoms with E-state index in [0.29, 0.717) is 22.6 Å². The van der Waals surface area contributed by atoms with Crippen LogP contribution in [0.15, 0.2) is 84.9 Å². The molecular weight excluding hydrogens is 394 g/mol. The summed E-state index contributed by atoms with van der Waals surface area (Å²) < 4.78 is 10.2. The number of rotatable bonds is 8. The molecule has 0 heterocycles. The van der Waals surface area contributed by atoms with Gasteiger partial charge >= 0.3 is 5.97 Å². The maximum atomic E-state index is 12.3. The van der Waals surface area contributed by atoms with Crippen LogP contribution in [0.25, 0.3) is 6.08 Å². The molecule has 0 atom stereocenters. The highest BCUT2D eigenvalue weighted by molar-refractivity contribution is 6.04. The molecule has 0 radical (unpaired) electrons. The number of nitrogens with one attached hydrogen (secondary N) is 1. The van der Waals surface area contributed by atoms with Gasteiger partial charge < -0.3 is 14.8 Å². The zero-order valence-corrected chi connectivity index (χ0v) is 16.9. The van der Waals surface area contributed by atoms with Crippen molar-refractivity contribution in [2.45, 2.75) is 0 Å². The molecule has 1 N–H and O–H groups in total. The lowest BCUT2D eigenvalue weighted by atomic mass is 10.1. The Hall–Kier alpha value is -4.19. The molecule has 0 aliphatic rings. The monoisotopic (exact) mass is 415 g/mol. The Morgan fingerprint density at radius 3 is 2.23 bits per heavy atom. The van der Waals surface area contributed by atoms with Crippen molar-refractivity contribution in [3.63, 3.8) is 0 Å². The Balaban J connectivity index is 1.52. The number of para-hydroxylation sites is 1. The van der Waals surface area contributed by atoms with E-state index in [-0.39, 0.29) is 18.3 Å². The van der Waals surface area contributed by atoms with Crippen molar-refractivity contribution < 1.29 is 23.9 Å². The molecule has 1 amide bonds. The second kappa shape index (κ2) is 10.5. The molecule has 0 unspecified atom stereocenters. The first-order valence-electron chi connectivity index (χ1n) is 9.54. The summed E-state index contributed by atoms with van der Waals surface area (Å²) in [5.41, 5.74) is 2.19. The third-order valence-electron chi connectivity index (χ3n) is 4.38. The lowest BCUT2D eigenvalue weighted by Gasteiger charge is -2.07. The molecule has 0 saturated carbocycles. The number of Topliss-reactive ketones (excluding diaryl/α,β-unsaturated/α-hetero) is 1. The molecule has 6 heteroatoms. The number of benzene rings is 3. The van der Waals surface area contributed by atoms with Gasteiger partial charge in [0.2, 0.25) is 0 Å². The zero-order valence-electron chi connectivity index (χ0n) is 16.9. The molecular formula is C25H21NO5. The average molecular weight is 415 g/mol. The quantitative estimate of drug-likeness (QED) is 0.335. The van der Waals surface area contributed by atoms with Crippen LogP contribution in [0.2, 0.25) is 0 Å². The number of ketones is 1. The number of carbonyl (C=O) groups is 3. The summed E-state index contributed by atoms with van der Waals surface area (Å²) >= 11 is 0. The van der Waals surface area contributed by atoms with E-state index in [9.17, 15) is 14.4 Å². The number of methoxy groups -OCH3 is 1. The fourth-order valence-corrected chi connectivity index (χ4v) is 2.76. The van der Waals surface area contributed by atoms with Crippen molar-refractivity contribution in [3.05, 3.63) is 102 Å². The molecule has 3 rings (SSSR count). The van der Waals surface area contributed by atoms with Crippen molar-refractivity contribution >= 4 is 29.4 Å². The van der Waals surface area contributed by atoms with Gasteiger partial charge in [-0.2, -0.15) is 0 Å². The highest BCUT2D eigenvalue weighted by Gasteiger charge is 2.10. The molecule has 0 bridgehead atoms. The first-order chi connectivity index (χ1) is 15.1. The molecule has 0 saturated heterocycles. The molecule has 0 aliphatic heterocycles. The van der Waals surface area contributed by atoms with Crippen LogP contribution in [0.3, 0.4) is 0 Å². The topological polar surface area (TPSA) is 81.7 Å². The predicted octanol–water partition coefficient (Wildman–Crippen LogP) is 4.39. The molecule has 3 aromatic rings. The van der Waals surface area contributed by atoms with Crippen LogP contribution in [0.1, 0.15) is 26.3 Å². The maximum Gasteiger partial charge on any atom is 0.331 e. The van der Waals surface area contributed by atoms with E-state index in [1.165, 1.54) is 6.08 Å². The largest absolute Gasteiger partial charge is 0.496 e. The Kier molecular flexibility index (Phi) is 7.32. The normalized spacial score (nSPS) is 10.5. The molecule has 3 aromatic carbocycles. The van der Waals surface area contributed by atoms with Gasteiger partial charge in [0.1, 0.15) is 5.75 Å². The number of ether oxygens (including phenoxy) is 2. The van der Waals surface area contributed by atoms with Gasteiger partial charge in [0.25, 0.3) is 5.91 Å². The Morgan fingerprint density at radius 2 is 1.52 bits per heavy atom. The molecule has 156 valence electrons. The maximum absolute atomic E-state index is 12.3. The van der Waals surface area contributed by atoms with Crippen molar-refractivity contribution in [2.75, 3.05) is 19.0 Å². The van der Waals surface area contributed by atoms with Gasteiger partial charge in [-0.3, -0.25) is 9.59 Å². The average Bonchev–Trinajstić information content (AvgIpc) is 2.82. The minimum atomic E-state index is -0.633. The van der Waals surface area contributed by atoms with Crippen molar-refractivity contribution in [1.29, 1.82) is 0 Å². The SMILES string of the molecule is COc1ccccc1/C=C/C(=O)OCC(=O)c1ccc(NC(=O)c2ccccc2)cc1. The molecule has 0 fully saturated rings. The van der Waals surface area contributed by atoms with E-state index in [2.05, 4.69) is 5.32 Å². The van der Waals surface area contributed by atoms with Gasteiger partial charge in [0, 0.05) is 28.5 Å². The lowest BCUT2D eigenvalue weighted by Crippen LogP contribution is -2.13. The summed E-state index contributed by atoms with van der Waals surface area (Å²) in [7, 11) is 1.54. The fraction of sp³-hybridized carbons (Fsp3) is 0.0800. The van der Waals surface area contributed by atoms with E-state index >= 15 is 0 Å². The van der Waals surface area contributed by atoms with Gasteiger partial charge in [-0.15, -0.1) is 0 Å². The van der Waals surface area contributed by atoms with E-state index in [1.807, 2.05) is 18.2 Å². The molecule has 0 aromatic heterocycles. The first kappa shape index (κ1) is 21.5. The highest BCUT2D eigenvalue weighted by atomic mass is 16.5. The van der Waals surface area contributed by atoms with Crippen molar-refractivity contribution in [1.82, 2.24) is 0 Å². The zero-order chi connectivity index (χ0) is 22.1. The third-order valence-corrected chi connectivity index (χ3v) is 4.38. The second-order valence-electron chi connectivity index (χ2n) is 6.50. The van der Waals surface area contributed by atoms with Crippen LogP contribution in [0.4, 0.5) is 5.69 Å². The number of hydrogen-bond acceptors (Lipinski definition) is 5. The molecule has 0 spiro atoms. The highest BCUT2D eigenvalue weighted by Crippen LogP contribution is 2.18. The number of amides is 1. The van der Waals surface area contributed by atoms with Crippen LogP contribution < -0.4 is 10.1 Å². The Morgan fingerprint density at radius 1 is 0.839 bits per heavy atom. The van der Waals surface area contributed by atoms with Gasteiger partial charge in [-0.1, -0.05) is 36.4 Å². The van der Waals surface area contributed by atoms with E-state index in [1.54, 1.807) is 73.8 Å². The number of hydrogen-bond donors (Lipinski definition) is 1. The van der Waals surface area contributed by atoms with Crippen LogP contribution >= 0.6 is 0 Å². The summed E-state index contributed by atoms with van der Waals surface area (Å²) in [6.07, 6.45) is 2.81. The van der Waals surface area contributed by atoms with Crippen LogP contribution in [0, 0.1) is 0 Å². The van der Waals surface area contributed by atoms with E-state index in [4.69, 9.17) is 9.47 Å². The summed E-state index contributed by atoms with van der Waals surface area (Å²) in [6, 6.07) is 22.4. The second-order valence-corrected chi connectivity index (χ2v) is 6.50. The van der Waals surface area contributed by atoms with Crippen LogP contribution in [-0.4, -0.2) is 31.4 Å². The Bertz CT molecular complexity index is 1090. The predicted molar refractivity (Wildman–Crippen MR) is 118 cm³/mol. The van der Waals surface area contributed by atoms with E-state index < -0.39 is 5.97 Å². The molecule has 6 nitrogen and oxygen atoms in total. The summed E-state index contributed by atoms with van der Waals surface area (Å²) in [5, 5.41) is 2.76. The minimum Gasteiger partial charge on any atom is -0.496 e. The standard InChI is InChI=1S/C25H21NO5/c1-30-23-10-6-5-7-19(23)13-16-24(28)31-17-22(27)18-11-14-21(15-12-18)26-25(29)20-8-3-2-4-9-20/h2-16H,17H2,1H3,(H,26,29)/b16-13+. The lowest BCUT2D eigenvalue weighted by molar-refractivity contribution is -0.136. The van der Waals surface area contributed by atoms with Crippen molar-refractivity contribution in [3.8, 4) is 5.75 Å². The number of esters is 1. The van der Waals surface area contributed by atoms with Crippen molar-refractivity contribution in [2.24, 2.45) is 0 Å². The van der Waals surface area contributed by atoms with Gasteiger partial charge in [0.15, 0.2) is 12.4 Å². The summed E-state index contributed by atoms with van der Waals surface area (Å²) in [4.78, 5) is 36.3.